The van der Waals surface area contributed by atoms with Gasteiger partial charge in [-0.15, -0.1) is 0 Å². The number of anilines is 1. The lowest BCUT2D eigenvalue weighted by molar-refractivity contribution is 0.327. The zero-order valence-corrected chi connectivity index (χ0v) is 13.3. The van der Waals surface area contributed by atoms with Crippen LogP contribution in [0.25, 0.3) is 0 Å². The van der Waals surface area contributed by atoms with Crippen molar-refractivity contribution in [2.24, 2.45) is 5.41 Å². The average Bonchev–Trinajstić information content (AvgIpc) is 2.42. The molecule has 0 spiro atoms. The summed E-state index contributed by atoms with van der Waals surface area (Å²) in [6.45, 7) is 15.4. The van der Waals surface area contributed by atoms with Crippen LogP contribution in [0.3, 0.4) is 0 Å². The summed E-state index contributed by atoms with van der Waals surface area (Å²) in [7, 11) is 0. The lowest BCUT2D eigenvalue weighted by Crippen LogP contribution is -2.28. The maximum Gasteiger partial charge on any atom is 0.0366 e. The van der Waals surface area contributed by atoms with Gasteiger partial charge in [-0.1, -0.05) is 32.9 Å². The minimum Gasteiger partial charge on any atom is -0.372 e. The molecule has 0 bridgehead atoms. The molecule has 0 fully saturated rings. The van der Waals surface area contributed by atoms with Crippen LogP contribution < -0.4 is 10.2 Å². The second kappa shape index (κ2) is 7.54. The van der Waals surface area contributed by atoms with Gasteiger partial charge in [-0.2, -0.15) is 0 Å². The zero-order chi connectivity index (χ0) is 14.3. The van der Waals surface area contributed by atoms with E-state index in [1.807, 2.05) is 0 Å². The normalized spacial score (nSPS) is 11.6. The molecule has 0 amide bonds. The maximum absolute atomic E-state index is 3.56. The van der Waals surface area contributed by atoms with Crippen LogP contribution in [0, 0.1) is 5.41 Å². The van der Waals surface area contributed by atoms with E-state index in [2.05, 4.69) is 69.1 Å². The molecule has 19 heavy (non-hydrogen) atoms. The molecule has 0 radical (unpaired) electrons. The topological polar surface area (TPSA) is 15.3 Å². The first-order valence-electron chi connectivity index (χ1n) is 7.57. The van der Waals surface area contributed by atoms with E-state index in [1.54, 1.807) is 0 Å². The van der Waals surface area contributed by atoms with E-state index in [-0.39, 0.29) is 0 Å². The highest BCUT2D eigenvalue weighted by Crippen LogP contribution is 2.18. The predicted molar refractivity (Wildman–Crippen MR) is 85.8 cm³/mol. The van der Waals surface area contributed by atoms with Gasteiger partial charge >= 0.3 is 0 Å². The Morgan fingerprint density at radius 2 is 1.58 bits per heavy atom. The van der Waals surface area contributed by atoms with Gasteiger partial charge < -0.3 is 10.2 Å². The fraction of sp³-hybridized carbons (Fsp3) is 0.647. The number of hydrogen-bond acceptors (Lipinski definition) is 2. The molecule has 108 valence electrons. The minimum atomic E-state index is 0.390. The van der Waals surface area contributed by atoms with E-state index in [0.717, 1.165) is 26.2 Å². The smallest absolute Gasteiger partial charge is 0.0366 e. The predicted octanol–water partition coefficient (Wildman–Crippen LogP) is 4.06. The van der Waals surface area contributed by atoms with Gasteiger partial charge in [-0.05, 0) is 43.4 Å². The monoisotopic (exact) mass is 262 g/mol. The van der Waals surface area contributed by atoms with Crippen LogP contribution in [0.4, 0.5) is 5.69 Å². The minimum absolute atomic E-state index is 0.390. The number of hydrogen-bond donors (Lipinski definition) is 1. The van der Waals surface area contributed by atoms with Crippen LogP contribution in [-0.2, 0) is 6.54 Å². The van der Waals surface area contributed by atoms with E-state index in [1.165, 1.54) is 17.7 Å². The van der Waals surface area contributed by atoms with Crippen LogP contribution in [0.1, 0.15) is 46.6 Å². The quantitative estimate of drug-likeness (QED) is 0.760. The fourth-order valence-electron chi connectivity index (χ4n) is 2.08. The fourth-order valence-corrected chi connectivity index (χ4v) is 2.08. The molecule has 2 heteroatoms. The number of nitrogens with one attached hydrogen (secondary N) is 1. The van der Waals surface area contributed by atoms with Gasteiger partial charge in [-0.3, -0.25) is 0 Å². The van der Waals surface area contributed by atoms with Crippen LogP contribution in [-0.4, -0.2) is 19.6 Å². The highest BCUT2D eigenvalue weighted by atomic mass is 15.1. The molecule has 0 saturated carbocycles. The second-order valence-electron chi connectivity index (χ2n) is 5.96. The summed E-state index contributed by atoms with van der Waals surface area (Å²) >= 11 is 0. The van der Waals surface area contributed by atoms with E-state index >= 15 is 0 Å². The lowest BCUT2D eigenvalue weighted by atomic mass is 9.90. The van der Waals surface area contributed by atoms with Gasteiger partial charge in [0.05, 0.1) is 0 Å². The second-order valence-corrected chi connectivity index (χ2v) is 5.96. The molecule has 0 aliphatic heterocycles. The van der Waals surface area contributed by atoms with Crippen LogP contribution in [0.15, 0.2) is 24.3 Å². The third kappa shape index (κ3) is 5.23. The first-order chi connectivity index (χ1) is 9.02. The maximum atomic E-state index is 3.56. The van der Waals surface area contributed by atoms with Crippen molar-refractivity contribution < 1.29 is 0 Å². The van der Waals surface area contributed by atoms with Gasteiger partial charge in [0.1, 0.15) is 0 Å². The molecule has 1 aromatic carbocycles. The number of rotatable bonds is 8. The van der Waals surface area contributed by atoms with Crippen molar-refractivity contribution in [3.63, 3.8) is 0 Å². The summed E-state index contributed by atoms with van der Waals surface area (Å²) in [5.41, 5.74) is 3.08. The Morgan fingerprint density at radius 1 is 1.00 bits per heavy atom. The van der Waals surface area contributed by atoms with Crippen molar-refractivity contribution in [2.75, 3.05) is 24.5 Å². The highest BCUT2D eigenvalue weighted by Gasteiger charge is 2.13. The number of nitrogens with zero attached hydrogens (tertiary/aromatic N) is 1. The molecular formula is C17H30N2. The van der Waals surface area contributed by atoms with E-state index in [9.17, 15) is 0 Å². The molecule has 0 aliphatic rings. The van der Waals surface area contributed by atoms with Gasteiger partial charge in [0.25, 0.3) is 0 Å². The Morgan fingerprint density at radius 3 is 2.05 bits per heavy atom. The SMILES string of the molecule is CCN(CC)c1ccc(CNCC(C)(C)CC)cc1. The summed E-state index contributed by atoms with van der Waals surface area (Å²) < 4.78 is 0. The summed E-state index contributed by atoms with van der Waals surface area (Å²) in [6, 6.07) is 8.93. The zero-order valence-electron chi connectivity index (χ0n) is 13.3. The standard InChI is InChI=1S/C17H30N2/c1-6-17(4,5)14-18-13-15-9-11-16(12-10-15)19(7-2)8-3/h9-12,18H,6-8,13-14H2,1-5H3. The van der Waals surface area contributed by atoms with Gasteiger partial charge in [0, 0.05) is 31.9 Å². The summed E-state index contributed by atoms with van der Waals surface area (Å²) in [5.74, 6) is 0. The van der Waals surface area contributed by atoms with Crippen molar-refractivity contribution in [3.8, 4) is 0 Å². The van der Waals surface area contributed by atoms with Crippen LogP contribution in [0.2, 0.25) is 0 Å². The Balaban J connectivity index is 2.49. The average molecular weight is 262 g/mol. The lowest BCUT2D eigenvalue weighted by Gasteiger charge is -2.23. The van der Waals surface area contributed by atoms with Crippen molar-refractivity contribution in [1.82, 2.24) is 5.32 Å². The molecule has 1 aromatic rings. The molecule has 1 rings (SSSR count). The molecule has 2 nitrogen and oxygen atoms in total. The van der Waals surface area contributed by atoms with Crippen molar-refractivity contribution in [2.45, 2.75) is 47.6 Å². The first kappa shape index (κ1) is 16.0. The highest BCUT2D eigenvalue weighted by molar-refractivity contribution is 5.47. The van der Waals surface area contributed by atoms with Gasteiger partial charge in [0.15, 0.2) is 0 Å². The Kier molecular flexibility index (Phi) is 6.36. The van der Waals surface area contributed by atoms with Crippen LogP contribution >= 0.6 is 0 Å². The molecule has 0 unspecified atom stereocenters. The Bertz CT molecular complexity index is 350. The van der Waals surface area contributed by atoms with Crippen molar-refractivity contribution in [1.29, 1.82) is 0 Å². The van der Waals surface area contributed by atoms with Gasteiger partial charge in [-0.25, -0.2) is 0 Å². The molecule has 0 heterocycles. The van der Waals surface area contributed by atoms with Gasteiger partial charge in [0.2, 0.25) is 0 Å². The first-order valence-corrected chi connectivity index (χ1v) is 7.57. The van der Waals surface area contributed by atoms with E-state index in [4.69, 9.17) is 0 Å². The molecule has 0 atom stereocenters. The molecular weight excluding hydrogens is 232 g/mol. The summed E-state index contributed by atoms with van der Waals surface area (Å²) in [4.78, 5) is 2.37. The summed E-state index contributed by atoms with van der Waals surface area (Å²) in [6.07, 6.45) is 1.21. The third-order valence-corrected chi connectivity index (χ3v) is 3.95. The van der Waals surface area contributed by atoms with Crippen molar-refractivity contribution in [3.05, 3.63) is 29.8 Å². The van der Waals surface area contributed by atoms with E-state index < -0.39 is 0 Å². The van der Waals surface area contributed by atoms with E-state index in [0.29, 0.717) is 5.41 Å². The summed E-state index contributed by atoms with van der Waals surface area (Å²) in [5, 5.41) is 3.56. The largest absolute Gasteiger partial charge is 0.372 e. The molecule has 0 aliphatic carbocycles. The third-order valence-electron chi connectivity index (χ3n) is 3.95. The Labute approximate surface area is 119 Å². The molecule has 0 aromatic heterocycles. The number of benzene rings is 1. The van der Waals surface area contributed by atoms with Crippen molar-refractivity contribution >= 4 is 5.69 Å². The molecule has 1 N–H and O–H groups in total. The van der Waals surface area contributed by atoms with Crippen LogP contribution in [0.5, 0.6) is 0 Å². The Hall–Kier alpha value is -1.02. The molecule has 0 saturated heterocycles.